The average molecular weight is 378 g/mol. The summed E-state index contributed by atoms with van der Waals surface area (Å²) in [5.74, 6) is -1.38. The Bertz CT molecular complexity index is 1010. The largest absolute Gasteiger partial charge is 0.477 e. The predicted molar refractivity (Wildman–Crippen MR) is 90.7 cm³/mol. The van der Waals surface area contributed by atoms with Gasteiger partial charge in [0, 0.05) is 30.9 Å². The summed E-state index contributed by atoms with van der Waals surface area (Å²) >= 11 is 1.26. The van der Waals surface area contributed by atoms with Gasteiger partial charge in [-0.25, -0.2) is 19.2 Å². The van der Waals surface area contributed by atoms with Gasteiger partial charge in [0.2, 0.25) is 5.43 Å². The maximum Gasteiger partial charge on any atom is 0.341 e. The lowest BCUT2D eigenvalue weighted by Crippen LogP contribution is -2.55. The molecular weight excluding hydrogens is 363 g/mol. The molecule has 2 aromatic heterocycles. The Kier molecular flexibility index (Phi) is 4.39. The Labute approximate surface area is 150 Å². The molecule has 0 spiro atoms. The molecule has 2 aliphatic rings. The lowest BCUT2D eigenvalue weighted by molar-refractivity contribution is -0.0453. The highest BCUT2D eigenvalue weighted by molar-refractivity contribution is 7.12. The summed E-state index contributed by atoms with van der Waals surface area (Å²) in [5.41, 5.74) is -0.989. The van der Waals surface area contributed by atoms with Gasteiger partial charge in [0.05, 0.1) is 5.22 Å². The van der Waals surface area contributed by atoms with E-state index in [-0.39, 0.29) is 17.4 Å². The Morgan fingerprint density at radius 3 is 2.96 bits per heavy atom. The van der Waals surface area contributed by atoms with E-state index in [0.29, 0.717) is 18.3 Å². The summed E-state index contributed by atoms with van der Waals surface area (Å²) in [6, 6.07) is 0. The summed E-state index contributed by atoms with van der Waals surface area (Å²) in [4.78, 5) is 34.3. The molecule has 1 unspecified atom stereocenters. The monoisotopic (exact) mass is 378 g/mol. The Morgan fingerprint density at radius 2 is 2.31 bits per heavy atom. The first-order valence-corrected chi connectivity index (χ1v) is 8.88. The van der Waals surface area contributed by atoms with E-state index < -0.39 is 29.3 Å². The molecule has 0 bridgehead atoms. The number of rotatable bonds is 3. The molecule has 2 atom stereocenters. The van der Waals surface area contributed by atoms with Crippen LogP contribution in [0.2, 0.25) is 0 Å². The summed E-state index contributed by atoms with van der Waals surface area (Å²) < 4.78 is 21.6. The van der Waals surface area contributed by atoms with Crippen LogP contribution in [-0.2, 0) is 4.74 Å². The van der Waals surface area contributed by atoms with Gasteiger partial charge in [-0.05, 0) is 12.5 Å². The number of nitrogens with zero attached hydrogens (tertiary/aromatic N) is 4. The minimum Gasteiger partial charge on any atom is -0.477 e. The second-order valence-corrected chi connectivity index (χ2v) is 6.83. The molecule has 10 heteroatoms. The molecule has 1 N–H and O–H groups in total. The number of ether oxygens (including phenoxy) is 1. The fourth-order valence-corrected chi connectivity index (χ4v) is 3.71. The number of hydrogen-bond acceptors (Lipinski definition) is 7. The Morgan fingerprint density at radius 1 is 1.46 bits per heavy atom. The van der Waals surface area contributed by atoms with E-state index in [1.165, 1.54) is 22.1 Å². The van der Waals surface area contributed by atoms with Crippen molar-refractivity contribution in [3.05, 3.63) is 44.3 Å². The molecular formula is C16H15FN4O4S. The number of alkyl halides is 1. The summed E-state index contributed by atoms with van der Waals surface area (Å²) in [6.07, 6.45) is 2.31. The zero-order valence-corrected chi connectivity index (χ0v) is 14.4. The minimum atomic E-state index is -1.54. The number of pyridine rings is 1. The van der Waals surface area contributed by atoms with Crippen LogP contribution in [0.1, 0.15) is 16.8 Å². The standard InChI is InChI=1S/C16H15FN4O4S/c17-11-6-9-12(22)10(15(23)24)7-21(16-18-2-5-26-16)13(9)19-14(11)20-3-1-4-25-8-20/h2,5-7,11,14H,1,3-4,8H2,(H,23,24)/t11-,14?/m0/s1. The van der Waals surface area contributed by atoms with Gasteiger partial charge >= 0.3 is 5.97 Å². The molecule has 2 aliphatic heterocycles. The second-order valence-electron chi connectivity index (χ2n) is 5.96. The van der Waals surface area contributed by atoms with Gasteiger partial charge in [-0.15, -0.1) is 11.3 Å². The molecule has 8 nitrogen and oxygen atoms in total. The number of aromatic carboxylic acids is 1. The van der Waals surface area contributed by atoms with Crippen LogP contribution in [0.4, 0.5) is 4.39 Å². The van der Waals surface area contributed by atoms with Gasteiger partial charge < -0.3 is 9.84 Å². The van der Waals surface area contributed by atoms with Crippen molar-refractivity contribution >= 4 is 23.4 Å². The van der Waals surface area contributed by atoms with Crippen molar-refractivity contribution < 1.29 is 19.0 Å². The van der Waals surface area contributed by atoms with Crippen molar-refractivity contribution in [2.45, 2.75) is 18.8 Å². The van der Waals surface area contributed by atoms with E-state index in [1.54, 1.807) is 16.5 Å². The topological polar surface area (TPSA) is 97.0 Å². The van der Waals surface area contributed by atoms with Crippen LogP contribution in [0.25, 0.3) is 11.2 Å². The highest BCUT2D eigenvalue weighted by Crippen LogP contribution is 2.16. The quantitative estimate of drug-likeness (QED) is 0.791. The van der Waals surface area contributed by atoms with Gasteiger partial charge in [0.1, 0.15) is 23.9 Å². The fourth-order valence-electron chi connectivity index (χ4n) is 3.09. The van der Waals surface area contributed by atoms with E-state index in [2.05, 4.69) is 9.98 Å². The molecule has 0 saturated carbocycles. The second kappa shape index (κ2) is 6.71. The molecule has 4 rings (SSSR count). The number of halogens is 1. The third-order valence-corrected chi connectivity index (χ3v) is 5.07. The van der Waals surface area contributed by atoms with Crippen LogP contribution in [0.3, 0.4) is 0 Å². The first kappa shape index (κ1) is 17.0. The number of fused-ring (bicyclic) bond motifs is 1. The molecule has 26 heavy (non-hydrogen) atoms. The van der Waals surface area contributed by atoms with Gasteiger partial charge in [0.15, 0.2) is 11.3 Å². The zero-order valence-electron chi connectivity index (χ0n) is 13.5. The number of aromatic nitrogens is 2. The van der Waals surface area contributed by atoms with Gasteiger partial charge in [0.25, 0.3) is 0 Å². The van der Waals surface area contributed by atoms with E-state index in [9.17, 15) is 19.1 Å². The maximum atomic E-state index is 14.7. The van der Waals surface area contributed by atoms with Crippen LogP contribution >= 0.6 is 11.3 Å². The zero-order chi connectivity index (χ0) is 18.3. The number of thiazole rings is 1. The van der Waals surface area contributed by atoms with Crippen molar-refractivity contribution in [2.24, 2.45) is 4.99 Å². The third-order valence-electron chi connectivity index (χ3n) is 4.30. The third kappa shape index (κ3) is 2.85. The molecule has 136 valence electrons. The average Bonchev–Trinajstić information content (AvgIpc) is 3.17. The molecule has 1 saturated heterocycles. The van der Waals surface area contributed by atoms with Crippen molar-refractivity contribution in [2.75, 3.05) is 19.9 Å². The number of hydrogen-bond donors (Lipinski definition) is 1. The highest BCUT2D eigenvalue weighted by Gasteiger charge is 2.31. The Balaban J connectivity index is 1.96. The van der Waals surface area contributed by atoms with Crippen LogP contribution in [-0.4, -0.2) is 57.7 Å². The van der Waals surface area contributed by atoms with Crippen molar-refractivity contribution in [3.8, 4) is 5.13 Å². The van der Waals surface area contributed by atoms with E-state index >= 15 is 0 Å². The van der Waals surface area contributed by atoms with Crippen molar-refractivity contribution in [1.82, 2.24) is 14.5 Å². The minimum absolute atomic E-state index is 0.0539. The van der Waals surface area contributed by atoms with Gasteiger partial charge in [-0.2, -0.15) is 0 Å². The fraction of sp³-hybridized carbons (Fsp3) is 0.375. The molecule has 4 heterocycles. The SMILES string of the molecule is O=C(O)c1cn(-c2nccs2)c2c(c1=O)=C[C@H](F)C(N1CCCOC1)N=2. The number of carboxylic acid groups (broad SMARTS) is 1. The van der Waals surface area contributed by atoms with E-state index in [0.717, 1.165) is 12.5 Å². The number of carboxylic acids is 1. The predicted octanol–water partition coefficient (Wildman–Crippen LogP) is -0.250. The molecule has 0 radical (unpaired) electrons. The molecule has 0 aliphatic carbocycles. The molecule has 1 fully saturated rings. The molecule has 0 aromatic carbocycles. The van der Waals surface area contributed by atoms with Crippen molar-refractivity contribution in [1.29, 1.82) is 0 Å². The van der Waals surface area contributed by atoms with Crippen molar-refractivity contribution in [3.63, 3.8) is 0 Å². The van der Waals surface area contributed by atoms with Crippen LogP contribution in [0.5, 0.6) is 0 Å². The van der Waals surface area contributed by atoms with E-state index in [1.807, 2.05) is 0 Å². The van der Waals surface area contributed by atoms with Gasteiger partial charge in [-0.1, -0.05) is 0 Å². The summed E-state index contributed by atoms with van der Waals surface area (Å²) in [6.45, 7) is 1.51. The van der Waals surface area contributed by atoms with Crippen LogP contribution in [0, 0.1) is 0 Å². The molecule has 2 aromatic rings. The number of carbonyl (C=O) groups is 1. The summed E-state index contributed by atoms with van der Waals surface area (Å²) in [5, 5.41) is 11.4. The Hall–Kier alpha value is -2.43. The first-order chi connectivity index (χ1) is 12.6. The highest BCUT2D eigenvalue weighted by atomic mass is 32.1. The van der Waals surface area contributed by atoms with Crippen LogP contribution in [0.15, 0.2) is 27.6 Å². The summed E-state index contributed by atoms with van der Waals surface area (Å²) in [7, 11) is 0. The smallest absolute Gasteiger partial charge is 0.341 e. The normalized spacial score (nSPS) is 23.0. The lowest BCUT2D eigenvalue weighted by Gasteiger charge is -2.33. The van der Waals surface area contributed by atoms with E-state index in [4.69, 9.17) is 4.74 Å². The maximum absolute atomic E-state index is 14.7. The first-order valence-electron chi connectivity index (χ1n) is 8.00. The van der Waals surface area contributed by atoms with Gasteiger partial charge in [-0.3, -0.25) is 14.3 Å². The van der Waals surface area contributed by atoms with Crippen LogP contribution < -0.4 is 16.1 Å². The lowest BCUT2D eigenvalue weighted by atomic mass is 10.1. The molecule has 0 amide bonds.